The summed E-state index contributed by atoms with van der Waals surface area (Å²) in [7, 11) is 0. The number of hydrogen-bond donors (Lipinski definition) is 0. The van der Waals surface area contributed by atoms with Crippen LogP contribution < -0.4 is 0 Å². The Bertz CT molecular complexity index is 1560. The van der Waals surface area contributed by atoms with E-state index in [1.807, 2.05) is 42.5 Å². The zero-order valence-electron chi connectivity index (χ0n) is 17.0. The van der Waals surface area contributed by atoms with Gasteiger partial charge in [-0.05, 0) is 46.0 Å². The molecular formula is C28H17ClN2O. The van der Waals surface area contributed by atoms with E-state index in [1.54, 1.807) is 0 Å². The molecule has 4 heteroatoms. The van der Waals surface area contributed by atoms with E-state index in [9.17, 15) is 0 Å². The Balaban J connectivity index is 1.48. The predicted octanol–water partition coefficient (Wildman–Crippen LogP) is 8.03. The first kappa shape index (κ1) is 18.8. The molecule has 6 rings (SSSR count). The fourth-order valence-corrected chi connectivity index (χ4v) is 4.24. The van der Waals surface area contributed by atoms with Gasteiger partial charge in [-0.1, -0.05) is 91.0 Å². The Morgan fingerprint density at radius 1 is 0.562 bits per heavy atom. The molecule has 3 nitrogen and oxygen atoms in total. The van der Waals surface area contributed by atoms with Crippen LogP contribution >= 0.6 is 11.6 Å². The number of aromatic nitrogens is 2. The zero-order valence-corrected chi connectivity index (χ0v) is 17.8. The molecule has 0 radical (unpaired) electrons. The fourth-order valence-electron chi connectivity index (χ4n) is 4.07. The van der Waals surface area contributed by atoms with Crippen molar-refractivity contribution in [3.8, 4) is 33.5 Å². The minimum atomic E-state index is 0.205. The Kier molecular flexibility index (Phi) is 4.48. The van der Waals surface area contributed by atoms with Gasteiger partial charge in [-0.25, -0.2) is 9.97 Å². The van der Waals surface area contributed by atoms with Gasteiger partial charge >= 0.3 is 0 Å². The standard InChI is InChI=1S/C28H17ClN2O/c29-28-30-25(21-9-5-2-6-10-21)27-26(31-28)23-17-22(15-16-24(23)32-27)20-13-11-19(12-14-20)18-7-3-1-4-8-18/h1-17H. The van der Waals surface area contributed by atoms with E-state index in [1.165, 1.54) is 11.1 Å². The normalized spacial score (nSPS) is 11.3. The van der Waals surface area contributed by atoms with Crippen LogP contribution in [-0.4, -0.2) is 9.97 Å². The Labute approximate surface area is 190 Å². The number of nitrogens with zero attached hydrogens (tertiary/aromatic N) is 2. The molecule has 2 heterocycles. The van der Waals surface area contributed by atoms with Gasteiger partial charge in [0.15, 0.2) is 5.58 Å². The number of furan rings is 1. The summed E-state index contributed by atoms with van der Waals surface area (Å²) < 4.78 is 6.18. The number of hydrogen-bond acceptors (Lipinski definition) is 3. The molecule has 4 aromatic carbocycles. The maximum Gasteiger partial charge on any atom is 0.223 e. The maximum atomic E-state index is 6.30. The summed E-state index contributed by atoms with van der Waals surface area (Å²) in [6.45, 7) is 0. The van der Waals surface area contributed by atoms with Crippen LogP contribution in [0, 0.1) is 0 Å². The molecule has 2 aromatic heterocycles. The third-order valence-electron chi connectivity index (χ3n) is 5.66. The summed E-state index contributed by atoms with van der Waals surface area (Å²) in [5, 5.41) is 1.13. The third kappa shape index (κ3) is 3.24. The van der Waals surface area contributed by atoms with Crippen molar-refractivity contribution in [3.63, 3.8) is 0 Å². The first-order valence-electron chi connectivity index (χ1n) is 10.4. The molecule has 0 bridgehead atoms. The monoisotopic (exact) mass is 432 g/mol. The van der Waals surface area contributed by atoms with Crippen molar-refractivity contribution in [2.45, 2.75) is 0 Å². The van der Waals surface area contributed by atoms with Crippen LogP contribution in [0.1, 0.15) is 0 Å². The van der Waals surface area contributed by atoms with E-state index in [-0.39, 0.29) is 5.28 Å². The number of fused-ring (bicyclic) bond motifs is 3. The first-order valence-corrected chi connectivity index (χ1v) is 10.8. The van der Waals surface area contributed by atoms with E-state index < -0.39 is 0 Å². The molecule has 0 N–H and O–H groups in total. The topological polar surface area (TPSA) is 38.9 Å². The highest BCUT2D eigenvalue weighted by molar-refractivity contribution is 6.29. The highest BCUT2D eigenvalue weighted by Gasteiger charge is 2.17. The van der Waals surface area contributed by atoms with Crippen molar-refractivity contribution in [2.24, 2.45) is 0 Å². The summed E-state index contributed by atoms with van der Waals surface area (Å²) in [5.41, 5.74) is 8.39. The second-order valence-electron chi connectivity index (χ2n) is 7.64. The third-order valence-corrected chi connectivity index (χ3v) is 5.83. The molecule has 0 amide bonds. The molecule has 0 atom stereocenters. The number of halogens is 1. The van der Waals surface area contributed by atoms with Gasteiger partial charge in [-0.2, -0.15) is 0 Å². The van der Waals surface area contributed by atoms with Crippen LogP contribution in [0.2, 0.25) is 5.28 Å². The average Bonchev–Trinajstić information content (AvgIpc) is 3.22. The van der Waals surface area contributed by atoms with Crippen LogP contribution in [0.4, 0.5) is 0 Å². The van der Waals surface area contributed by atoms with E-state index in [0.29, 0.717) is 11.3 Å². The first-order chi connectivity index (χ1) is 15.8. The summed E-state index contributed by atoms with van der Waals surface area (Å²) >= 11 is 6.30. The minimum absolute atomic E-state index is 0.205. The van der Waals surface area contributed by atoms with Gasteiger partial charge in [0, 0.05) is 10.9 Å². The van der Waals surface area contributed by atoms with Crippen LogP contribution in [0.25, 0.3) is 55.6 Å². The van der Waals surface area contributed by atoms with Gasteiger partial charge < -0.3 is 4.42 Å². The summed E-state index contributed by atoms with van der Waals surface area (Å²) in [4.78, 5) is 8.95. The second kappa shape index (κ2) is 7.63. The molecule has 0 saturated heterocycles. The highest BCUT2D eigenvalue weighted by Crippen LogP contribution is 2.36. The quantitative estimate of drug-likeness (QED) is 0.266. The van der Waals surface area contributed by atoms with Crippen LogP contribution in [-0.2, 0) is 0 Å². The van der Waals surface area contributed by atoms with Crippen molar-refractivity contribution in [2.75, 3.05) is 0 Å². The van der Waals surface area contributed by atoms with Crippen molar-refractivity contribution < 1.29 is 4.42 Å². The molecule has 6 aromatic rings. The molecule has 0 saturated carbocycles. The largest absolute Gasteiger partial charge is 0.452 e. The number of rotatable bonds is 3. The summed E-state index contributed by atoms with van der Waals surface area (Å²) in [6, 6.07) is 35.0. The number of benzene rings is 4. The van der Waals surface area contributed by atoms with Crippen LogP contribution in [0.15, 0.2) is 108 Å². The maximum absolute atomic E-state index is 6.30. The summed E-state index contributed by atoms with van der Waals surface area (Å²) in [5.74, 6) is 0. The lowest BCUT2D eigenvalue weighted by Gasteiger charge is -2.05. The van der Waals surface area contributed by atoms with Crippen molar-refractivity contribution in [3.05, 3.63) is 108 Å². The van der Waals surface area contributed by atoms with Gasteiger partial charge in [0.25, 0.3) is 0 Å². The lowest BCUT2D eigenvalue weighted by Crippen LogP contribution is -1.89. The minimum Gasteiger partial charge on any atom is -0.452 e. The fraction of sp³-hybridized carbons (Fsp3) is 0. The molecule has 0 aliphatic carbocycles. The molecule has 32 heavy (non-hydrogen) atoms. The Hall–Kier alpha value is -3.95. The second-order valence-corrected chi connectivity index (χ2v) is 7.98. The smallest absolute Gasteiger partial charge is 0.223 e. The van der Waals surface area contributed by atoms with Gasteiger partial charge in [-0.15, -0.1) is 0 Å². The average molecular weight is 433 g/mol. The molecule has 0 unspecified atom stereocenters. The van der Waals surface area contributed by atoms with Crippen molar-refractivity contribution in [1.29, 1.82) is 0 Å². The molecule has 0 aliphatic heterocycles. The van der Waals surface area contributed by atoms with E-state index in [4.69, 9.17) is 16.0 Å². The van der Waals surface area contributed by atoms with E-state index in [2.05, 4.69) is 70.6 Å². The van der Waals surface area contributed by atoms with Crippen molar-refractivity contribution in [1.82, 2.24) is 9.97 Å². The Morgan fingerprint density at radius 3 is 1.81 bits per heavy atom. The zero-order chi connectivity index (χ0) is 21.5. The molecule has 0 aliphatic rings. The van der Waals surface area contributed by atoms with E-state index in [0.717, 1.165) is 33.2 Å². The van der Waals surface area contributed by atoms with Gasteiger partial charge in [0.1, 0.15) is 16.8 Å². The molecule has 0 spiro atoms. The summed E-state index contributed by atoms with van der Waals surface area (Å²) in [6.07, 6.45) is 0. The predicted molar refractivity (Wildman–Crippen MR) is 131 cm³/mol. The highest BCUT2D eigenvalue weighted by atomic mass is 35.5. The lowest BCUT2D eigenvalue weighted by atomic mass is 9.99. The van der Waals surface area contributed by atoms with Gasteiger partial charge in [0.2, 0.25) is 5.28 Å². The van der Waals surface area contributed by atoms with Crippen LogP contribution in [0.3, 0.4) is 0 Å². The SMILES string of the molecule is Clc1nc(-c2ccccc2)c2oc3ccc(-c4ccc(-c5ccccc5)cc4)cc3c2n1. The van der Waals surface area contributed by atoms with E-state index >= 15 is 0 Å². The molecule has 152 valence electrons. The van der Waals surface area contributed by atoms with Crippen LogP contribution in [0.5, 0.6) is 0 Å². The van der Waals surface area contributed by atoms with Crippen molar-refractivity contribution >= 4 is 33.7 Å². The van der Waals surface area contributed by atoms with Gasteiger partial charge in [0.05, 0.1) is 0 Å². The lowest BCUT2D eigenvalue weighted by molar-refractivity contribution is 0.667. The Morgan fingerprint density at radius 2 is 1.12 bits per heavy atom. The molecular weight excluding hydrogens is 416 g/mol. The molecule has 0 fully saturated rings. The van der Waals surface area contributed by atoms with Gasteiger partial charge in [-0.3, -0.25) is 0 Å².